The van der Waals surface area contributed by atoms with Gasteiger partial charge in [0.2, 0.25) is 0 Å². The van der Waals surface area contributed by atoms with Gasteiger partial charge in [0, 0.05) is 13.1 Å². The van der Waals surface area contributed by atoms with E-state index in [4.69, 9.17) is 11.6 Å². The summed E-state index contributed by atoms with van der Waals surface area (Å²) < 4.78 is 0. The highest BCUT2D eigenvalue weighted by molar-refractivity contribution is 6.33. The Morgan fingerprint density at radius 2 is 1.78 bits per heavy atom. The minimum absolute atomic E-state index is 0.669. The van der Waals surface area contributed by atoms with Crippen LogP contribution in [0.1, 0.15) is 11.4 Å². The van der Waals surface area contributed by atoms with E-state index in [-0.39, 0.29) is 0 Å². The normalized spacial score (nSPS) is 10.2. The molecule has 2 rings (SSSR count). The van der Waals surface area contributed by atoms with Crippen molar-refractivity contribution >= 4 is 28.9 Å². The van der Waals surface area contributed by atoms with Crippen LogP contribution in [0, 0.1) is 13.8 Å². The Labute approximate surface area is 111 Å². The first-order chi connectivity index (χ1) is 8.58. The molecule has 0 saturated carbocycles. The second-order valence-corrected chi connectivity index (χ2v) is 4.45. The van der Waals surface area contributed by atoms with Gasteiger partial charge in [0.05, 0.1) is 10.7 Å². The van der Waals surface area contributed by atoms with Crippen molar-refractivity contribution in [3.63, 3.8) is 0 Å². The molecule has 1 heterocycles. The molecule has 0 aliphatic heterocycles. The molecule has 0 unspecified atom stereocenters. The van der Waals surface area contributed by atoms with Gasteiger partial charge in [0.25, 0.3) is 0 Å². The van der Waals surface area contributed by atoms with Crippen molar-refractivity contribution in [2.45, 2.75) is 13.8 Å². The van der Waals surface area contributed by atoms with Gasteiger partial charge in [-0.25, -0.2) is 9.97 Å². The summed E-state index contributed by atoms with van der Waals surface area (Å²) in [6.45, 7) is 3.87. The minimum atomic E-state index is 0.669. The fourth-order valence-electron chi connectivity index (χ4n) is 1.63. The van der Waals surface area contributed by atoms with E-state index >= 15 is 0 Å². The summed E-state index contributed by atoms with van der Waals surface area (Å²) in [5, 5.41) is 6.87. The first-order valence-corrected chi connectivity index (χ1v) is 6.03. The summed E-state index contributed by atoms with van der Waals surface area (Å²) in [6.07, 6.45) is 0. The highest BCUT2D eigenvalue weighted by Gasteiger charge is 2.04. The summed E-state index contributed by atoms with van der Waals surface area (Å²) in [5.74, 6) is 2.20. The first kappa shape index (κ1) is 12.6. The number of hydrogen-bond acceptors (Lipinski definition) is 4. The van der Waals surface area contributed by atoms with Gasteiger partial charge in [-0.15, -0.1) is 0 Å². The smallest absolute Gasteiger partial charge is 0.136 e. The third kappa shape index (κ3) is 2.90. The topological polar surface area (TPSA) is 49.8 Å². The van der Waals surface area contributed by atoms with Gasteiger partial charge in [-0.3, -0.25) is 0 Å². The van der Waals surface area contributed by atoms with Crippen molar-refractivity contribution in [2.24, 2.45) is 0 Å². The molecule has 0 saturated heterocycles. The summed E-state index contributed by atoms with van der Waals surface area (Å²) in [6, 6.07) is 7.66. The molecule has 0 amide bonds. The van der Waals surface area contributed by atoms with E-state index < -0.39 is 0 Å². The average Bonchev–Trinajstić information content (AvgIpc) is 2.33. The molecule has 0 aliphatic rings. The zero-order valence-corrected chi connectivity index (χ0v) is 11.3. The Hall–Kier alpha value is -1.81. The predicted octanol–water partition coefficient (Wildman–Crippen LogP) is 3.53. The summed E-state index contributed by atoms with van der Waals surface area (Å²) in [7, 11) is 1.82. The molecule has 0 bridgehead atoms. The standard InChI is InChI=1S/C13H15ClN4/c1-8-4-5-10(14)11(6-8)18-13-7-12(15-3)16-9(2)17-13/h4-7H,1-3H3,(H2,15,16,17,18). The third-order valence-corrected chi connectivity index (χ3v) is 2.81. The van der Waals surface area contributed by atoms with E-state index in [1.165, 1.54) is 0 Å². The van der Waals surface area contributed by atoms with Crippen molar-refractivity contribution in [1.82, 2.24) is 9.97 Å². The van der Waals surface area contributed by atoms with Crippen LogP contribution >= 0.6 is 11.6 Å². The van der Waals surface area contributed by atoms with Crippen LogP contribution in [0.5, 0.6) is 0 Å². The van der Waals surface area contributed by atoms with E-state index in [9.17, 15) is 0 Å². The number of anilines is 3. The molecule has 4 nitrogen and oxygen atoms in total. The largest absolute Gasteiger partial charge is 0.373 e. The number of aromatic nitrogens is 2. The zero-order chi connectivity index (χ0) is 13.1. The maximum Gasteiger partial charge on any atom is 0.136 e. The fourth-order valence-corrected chi connectivity index (χ4v) is 1.80. The monoisotopic (exact) mass is 262 g/mol. The number of nitrogens with one attached hydrogen (secondary N) is 2. The van der Waals surface area contributed by atoms with Crippen LogP contribution in [0.25, 0.3) is 0 Å². The van der Waals surface area contributed by atoms with Gasteiger partial charge < -0.3 is 10.6 Å². The molecule has 1 aromatic heterocycles. The fraction of sp³-hybridized carbons (Fsp3) is 0.231. The number of rotatable bonds is 3. The second kappa shape index (κ2) is 5.23. The lowest BCUT2D eigenvalue weighted by Gasteiger charge is -2.10. The number of aryl methyl sites for hydroxylation is 2. The highest BCUT2D eigenvalue weighted by Crippen LogP contribution is 2.26. The van der Waals surface area contributed by atoms with Gasteiger partial charge in [0.15, 0.2) is 0 Å². The second-order valence-electron chi connectivity index (χ2n) is 4.04. The maximum atomic E-state index is 6.14. The van der Waals surface area contributed by atoms with E-state index in [0.29, 0.717) is 10.8 Å². The summed E-state index contributed by atoms with van der Waals surface area (Å²) >= 11 is 6.14. The third-order valence-electron chi connectivity index (χ3n) is 2.48. The molecule has 0 atom stereocenters. The number of hydrogen-bond donors (Lipinski definition) is 2. The van der Waals surface area contributed by atoms with Crippen LogP contribution in [0.3, 0.4) is 0 Å². The van der Waals surface area contributed by atoms with Crippen LogP contribution in [0.2, 0.25) is 5.02 Å². The van der Waals surface area contributed by atoms with Crippen LogP contribution in [-0.2, 0) is 0 Å². The molecule has 0 fully saturated rings. The molecule has 94 valence electrons. The molecular weight excluding hydrogens is 248 g/mol. The Balaban J connectivity index is 2.33. The van der Waals surface area contributed by atoms with Crippen molar-refractivity contribution < 1.29 is 0 Å². The number of halogens is 1. The highest BCUT2D eigenvalue weighted by atomic mass is 35.5. The molecule has 18 heavy (non-hydrogen) atoms. The SMILES string of the molecule is CNc1cc(Nc2cc(C)ccc2Cl)nc(C)n1. The summed E-state index contributed by atoms with van der Waals surface area (Å²) in [5.41, 5.74) is 1.98. The molecule has 0 aliphatic carbocycles. The van der Waals surface area contributed by atoms with Gasteiger partial charge in [0.1, 0.15) is 17.5 Å². The van der Waals surface area contributed by atoms with Crippen LogP contribution in [0.4, 0.5) is 17.3 Å². The summed E-state index contributed by atoms with van der Waals surface area (Å²) in [4.78, 5) is 8.57. The molecule has 2 N–H and O–H groups in total. The van der Waals surface area contributed by atoms with E-state index in [1.807, 2.05) is 45.2 Å². The van der Waals surface area contributed by atoms with Gasteiger partial charge in [-0.2, -0.15) is 0 Å². The lowest BCUT2D eigenvalue weighted by molar-refractivity contribution is 1.06. The molecule has 5 heteroatoms. The minimum Gasteiger partial charge on any atom is -0.373 e. The quantitative estimate of drug-likeness (QED) is 0.888. The van der Waals surface area contributed by atoms with Crippen molar-refractivity contribution in [3.05, 3.63) is 40.7 Å². The zero-order valence-electron chi connectivity index (χ0n) is 10.6. The maximum absolute atomic E-state index is 6.14. The van der Waals surface area contributed by atoms with Crippen LogP contribution < -0.4 is 10.6 Å². The van der Waals surface area contributed by atoms with E-state index in [2.05, 4.69) is 20.6 Å². The Kier molecular flexibility index (Phi) is 3.67. The van der Waals surface area contributed by atoms with Crippen LogP contribution in [-0.4, -0.2) is 17.0 Å². The molecule has 0 spiro atoms. The van der Waals surface area contributed by atoms with Crippen molar-refractivity contribution in [3.8, 4) is 0 Å². The van der Waals surface area contributed by atoms with Gasteiger partial charge in [-0.1, -0.05) is 17.7 Å². The Morgan fingerprint density at radius 1 is 1.06 bits per heavy atom. The van der Waals surface area contributed by atoms with Gasteiger partial charge in [-0.05, 0) is 31.5 Å². The molecule has 1 aromatic carbocycles. The van der Waals surface area contributed by atoms with Crippen molar-refractivity contribution in [2.75, 3.05) is 17.7 Å². The number of nitrogens with zero attached hydrogens (tertiary/aromatic N) is 2. The molecule has 0 radical (unpaired) electrons. The predicted molar refractivity (Wildman–Crippen MR) is 75.8 cm³/mol. The lowest BCUT2D eigenvalue weighted by atomic mass is 10.2. The number of benzene rings is 1. The van der Waals surface area contributed by atoms with Gasteiger partial charge >= 0.3 is 0 Å². The average molecular weight is 263 g/mol. The van der Waals surface area contributed by atoms with E-state index in [1.54, 1.807) is 0 Å². The van der Waals surface area contributed by atoms with Crippen molar-refractivity contribution in [1.29, 1.82) is 0 Å². The lowest BCUT2D eigenvalue weighted by Crippen LogP contribution is -2.01. The van der Waals surface area contributed by atoms with Crippen LogP contribution in [0.15, 0.2) is 24.3 Å². The first-order valence-electron chi connectivity index (χ1n) is 5.65. The molecular formula is C13H15ClN4. The Morgan fingerprint density at radius 3 is 2.50 bits per heavy atom. The molecule has 2 aromatic rings. The van der Waals surface area contributed by atoms with E-state index in [0.717, 1.165) is 22.9 Å². The Bertz CT molecular complexity index is 569.